The molecule has 0 aliphatic carbocycles. The van der Waals surface area contributed by atoms with Crippen LogP contribution in [0.25, 0.3) is 0 Å². The molecule has 198 valence electrons. The lowest BCUT2D eigenvalue weighted by atomic mass is 9.89. The molecule has 37 heavy (non-hydrogen) atoms. The Kier molecular flexibility index (Phi) is 6.93. The molecule has 4 rings (SSSR count). The number of aliphatic hydroxyl groups is 1. The number of alkyl halides is 6. The number of halogens is 6. The van der Waals surface area contributed by atoms with Crippen molar-refractivity contribution in [2.45, 2.75) is 40.6 Å². The van der Waals surface area contributed by atoms with E-state index in [0.29, 0.717) is 25.2 Å². The Balaban J connectivity index is 1.79. The Morgan fingerprint density at radius 2 is 1.30 bits per heavy atom. The van der Waals surface area contributed by atoms with Gasteiger partial charge in [-0.05, 0) is 29.7 Å². The lowest BCUT2D eigenvalue weighted by Gasteiger charge is -2.34. The van der Waals surface area contributed by atoms with E-state index in [1.165, 1.54) is 24.3 Å². The van der Waals surface area contributed by atoms with Crippen LogP contribution in [-0.4, -0.2) is 43.9 Å². The van der Waals surface area contributed by atoms with Crippen LogP contribution in [0.15, 0.2) is 89.8 Å². The maximum absolute atomic E-state index is 13.9. The second kappa shape index (κ2) is 9.45. The molecule has 1 heterocycles. The van der Waals surface area contributed by atoms with Crippen LogP contribution in [-0.2, 0) is 26.7 Å². The molecule has 1 unspecified atom stereocenters. The van der Waals surface area contributed by atoms with Gasteiger partial charge in [0.25, 0.3) is 5.60 Å². The lowest BCUT2D eigenvalue weighted by Crippen LogP contribution is -2.54. The summed E-state index contributed by atoms with van der Waals surface area (Å²) in [5, 5.41) is 9.74. The van der Waals surface area contributed by atoms with Crippen molar-refractivity contribution in [1.82, 2.24) is 4.90 Å². The predicted molar refractivity (Wildman–Crippen MR) is 124 cm³/mol. The van der Waals surface area contributed by atoms with Gasteiger partial charge in [0.1, 0.15) is 4.75 Å². The Labute approximate surface area is 210 Å². The van der Waals surface area contributed by atoms with E-state index in [1.807, 2.05) is 35.2 Å². The van der Waals surface area contributed by atoms with E-state index in [2.05, 4.69) is 0 Å². The number of hydrogen-bond acceptors (Lipinski definition) is 4. The molecule has 1 saturated heterocycles. The highest BCUT2D eigenvalue weighted by molar-refractivity contribution is 7.92. The normalized spacial score (nSPS) is 19.8. The van der Waals surface area contributed by atoms with Crippen LogP contribution in [0.3, 0.4) is 0 Å². The van der Waals surface area contributed by atoms with Gasteiger partial charge in [0.2, 0.25) is 0 Å². The average molecular weight is 544 g/mol. The van der Waals surface area contributed by atoms with Crippen molar-refractivity contribution in [2.24, 2.45) is 0 Å². The third kappa shape index (κ3) is 4.64. The first-order valence-electron chi connectivity index (χ1n) is 11.3. The van der Waals surface area contributed by atoms with Crippen molar-refractivity contribution >= 4 is 9.84 Å². The van der Waals surface area contributed by atoms with E-state index in [4.69, 9.17) is 0 Å². The van der Waals surface area contributed by atoms with Gasteiger partial charge in [0.15, 0.2) is 9.84 Å². The molecule has 0 radical (unpaired) electrons. The summed E-state index contributed by atoms with van der Waals surface area (Å²) >= 11 is 0. The number of rotatable bonds is 6. The molecule has 1 aliphatic rings. The fraction of sp³-hybridized carbons (Fsp3) is 0.308. The number of sulfone groups is 1. The zero-order valence-electron chi connectivity index (χ0n) is 19.3. The second-order valence-electron chi connectivity index (χ2n) is 9.04. The maximum atomic E-state index is 13.9. The van der Waals surface area contributed by atoms with E-state index in [0.717, 1.165) is 17.7 Å². The summed E-state index contributed by atoms with van der Waals surface area (Å²) in [6, 6.07) is 19.6. The summed E-state index contributed by atoms with van der Waals surface area (Å²) in [5.74, 6) is 0. The summed E-state index contributed by atoms with van der Waals surface area (Å²) in [6.45, 7) is 0.714. The molecule has 3 aromatic carbocycles. The highest BCUT2D eigenvalue weighted by atomic mass is 32.2. The number of likely N-dealkylation sites (tertiary alicyclic amines) is 1. The molecule has 3 aromatic rings. The van der Waals surface area contributed by atoms with Crippen molar-refractivity contribution in [3.8, 4) is 0 Å². The quantitative estimate of drug-likeness (QED) is 0.413. The van der Waals surface area contributed by atoms with Crippen LogP contribution >= 0.6 is 0 Å². The lowest BCUT2D eigenvalue weighted by molar-refractivity contribution is -0.376. The van der Waals surface area contributed by atoms with E-state index < -0.39 is 38.1 Å². The number of nitrogens with zero attached hydrogens (tertiary/aromatic N) is 1. The SMILES string of the molecule is O=S(=O)(c1ccccc1)C1(c2ccc(C(O)(C(F)(F)F)C(F)(F)F)cc2)CCN(Cc2ccccc2)C1. The first-order chi connectivity index (χ1) is 17.2. The molecule has 0 spiro atoms. The zero-order valence-corrected chi connectivity index (χ0v) is 20.1. The van der Waals surface area contributed by atoms with Gasteiger partial charge in [0, 0.05) is 25.2 Å². The molecule has 11 heteroatoms. The highest BCUT2D eigenvalue weighted by Crippen LogP contribution is 2.51. The first kappa shape index (κ1) is 27.2. The predicted octanol–water partition coefficient (Wildman–Crippen LogP) is 5.57. The van der Waals surface area contributed by atoms with Gasteiger partial charge in [-0.2, -0.15) is 26.3 Å². The second-order valence-corrected chi connectivity index (χ2v) is 11.3. The minimum Gasteiger partial charge on any atom is -0.369 e. The van der Waals surface area contributed by atoms with Crippen molar-refractivity contribution in [1.29, 1.82) is 0 Å². The largest absolute Gasteiger partial charge is 0.430 e. The first-order valence-corrected chi connectivity index (χ1v) is 12.7. The van der Waals surface area contributed by atoms with Gasteiger partial charge in [-0.1, -0.05) is 72.8 Å². The number of benzene rings is 3. The standard InChI is InChI=1S/C26H23F6NO3S/c27-25(28,29)24(34,26(30,31)32)21-13-11-20(12-14-21)23(37(35,36)22-9-5-2-6-10-22)15-16-33(18-23)17-19-7-3-1-4-8-19/h1-14,34H,15-18H2. The van der Waals surface area contributed by atoms with Gasteiger partial charge in [-0.15, -0.1) is 0 Å². The monoisotopic (exact) mass is 543 g/mol. The van der Waals surface area contributed by atoms with Crippen LogP contribution < -0.4 is 0 Å². The molecule has 0 amide bonds. The Bertz CT molecular complexity index is 1310. The molecule has 1 N–H and O–H groups in total. The van der Waals surface area contributed by atoms with E-state index in [-0.39, 0.29) is 23.4 Å². The van der Waals surface area contributed by atoms with E-state index in [9.17, 15) is 39.9 Å². The van der Waals surface area contributed by atoms with Crippen LogP contribution in [0.5, 0.6) is 0 Å². The van der Waals surface area contributed by atoms with Gasteiger partial charge in [0.05, 0.1) is 4.90 Å². The maximum Gasteiger partial charge on any atom is 0.430 e. The number of hydrogen-bond donors (Lipinski definition) is 1. The summed E-state index contributed by atoms with van der Waals surface area (Å²) in [7, 11) is -4.13. The molecule has 0 bridgehead atoms. The summed E-state index contributed by atoms with van der Waals surface area (Å²) in [6.07, 6.45) is -12.0. The molecule has 0 saturated carbocycles. The van der Waals surface area contributed by atoms with Gasteiger partial charge in [-0.3, -0.25) is 4.90 Å². The summed E-state index contributed by atoms with van der Waals surface area (Å²) < 4.78 is 106. The smallest absolute Gasteiger partial charge is 0.369 e. The Morgan fingerprint density at radius 1 is 0.784 bits per heavy atom. The van der Waals surface area contributed by atoms with Crippen molar-refractivity contribution in [3.63, 3.8) is 0 Å². The zero-order chi connectivity index (χ0) is 27.1. The van der Waals surface area contributed by atoms with Gasteiger partial charge < -0.3 is 5.11 Å². The Hall–Kier alpha value is -2.89. The van der Waals surface area contributed by atoms with Crippen LogP contribution in [0.2, 0.25) is 0 Å². The third-order valence-electron chi connectivity index (χ3n) is 6.78. The summed E-state index contributed by atoms with van der Waals surface area (Å²) in [4.78, 5) is 1.87. The highest BCUT2D eigenvalue weighted by Gasteiger charge is 2.71. The van der Waals surface area contributed by atoms with E-state index in [1.54, 1.807) is 6.07 Å². The van der Waals surface area contributed by atoms with Gasteiger partial charge >= 0.3 is 12.4 Å². The third-order valence-corrected chi connectivity index (χ3v) is 9.27. The van der Waals surface area contributed by atoms with Gasteiger partial charge in [-0.25, -0.2) is 8.42 Å². The minimum absolute atomic E-state index is 0.0114. The fourth-order valence-corrected chi connectivity index (χ4v) is 6.90. The molecule has 1 aliphatic heterocycles. The molecule has 1 atom stereocenters. The van der Waals surface area contributed by atoms with Crippen LogP contribution in [0.1, 0.15) is 23.1 Å². The average Bonchev–Trinajstić information content (AvgIpc) is 3.29. The summed E-state index contributed by atoms with van der Waals surface area (Å²) in [5.41, 5.74) is -5.57. The molecule has 1 fully saturated rings. The Morgan fingerprint density at radius 3 is 1.81 bits per heavy atom. The van der Waals surface area contributed by atoms with Crippen LogP contribution in [0.4, 0.5) is 26.3 Å². The molecule has 4 nitrogen and oxygen atoms in total. The topological polar surface area (TPSA) is 57.6 Å². The van der Waals surface area contributed by atoms with Crippen molar-refractivity contribution < 1.29 is 39.9 Å². The molecular weight excluding hydrogens is 520 g/mol. The molecular formula is C26H23F6NO3S. The van der Waals surface area contributed by atoms with Crippen molar-refractivity contribution in [3.05, 3.63) is 102 Å². The minimum atomic E-state index is -6.04. The molecule has 0 aromatic heterocycles. The van der Waals surface area contributed by atoms with Crippen LogP contribution in [0, 0.1) is 0 Å². The van der Waals surface area contributed by atoms with E-state index >= 15 is 0 Å². The van der Waals surface area contributed by atoms with Crippen molar-refractivity contribution in [2.75, 3.05) is 13.1 Å². The fourth-order valence-electron chi connectivity index (χ4n) is 4.77.